The zero-order valence-electron chi connectivity index (χ0n) is 28.4. The summed E-state index contributed by atoms with van der Waals surface area (Å²) >= 11 is 0. The summed E-state index contributed by atoms with van der Waals surface area (Å²) in [5.74, 6) is 0. The highest BCUT2D eigenvalue weighted by atomic mass is 14.2. The normalized spacial score (nSPS) is 13.0. The van der Waals surface area contributed by atoms with Gasteiger partial charge in [0, 0.05) is 0 Å². The van der Waals surface area contributed by atoms with Gasteiger partial charge < -0.3 is 0 Å². The molecule has 0 heteroatoms. The summed E-state index contributed by atoms with van der Waals surface area (Å²) < 4.78 is 0. The fourth-order valence-corrected chi connectivity index (χ4v) is 8.41. The van der Waals surface area contributed by atoms with Crippen LogP contribution in [-0.4, -0.2) is 0 Å². The van der Waals surface area contributed by atoms with Gasteiger partial charge in [-0.25, -0.2) is 0 Å². The highest BCUT2D eigenvalue weighted by molar-refractivity contribution is 6.21. The Morgan fingerprint density at radius 1 is 0.314 bits per heavy atom. The molecule has 0 aromatic heterocycles. The highest BCUT2D eigenvalue weighted by Gasteiger charge is 2.17. The minimum absolute atomic E-state index is 1.11. The third-order valence-corrected chi connectivity index (χ3v) is 11.0. The number of aryl methyl sites for hydroxylation is 1. The van der Waals surface area contributed by atoms with Gasteiger partial charge in [-0.1, -0.05) is 164 Å². The lowest BCUT2D eigenvalue weighted by molar-refractivity contribution is 0.860. The summed E-state index contributed by atoms with van der Waals surface area (Å²) in [7, 11) is 0. The first-order chi connectivity index (χ1) is 25.3. The fourth-order valence-electron chi connectivity index (χ4n) is 8.41. The Kier molecular flexibility index (Phi) is 7.13. The van der Waals surface area contributed by atoms with Crippen LogP contribution >= 0.6 is 0 Å². The van der Waals surface area contributed by atoms with Crippen molar-refractivity contribution < 1.29 is 0 Å². The third kappa shape index (κ3) is 5.23. The zero-order chi connectivity index (χ0) is 33.7. The smallest absolute Gasteiger partial charge is 0.00262 e. The third-order valence-electron chi connectivity index (χ3n) is 11.0. The molecule has 0 fully saturated rings. The molecule has 0 amide bonds. The predicted octanol–water partition coefficient (Wildman–Crippen LogP) is 14.2. The van der Waals surface area contributed by atoms with E-state index in [2.05, 4.69) is 182 Å². The van der Waals surface area contributed by atoms with Gasteiger partial charge in [0.2, 0.25) is 0 Å². The first-order valence-electron chi connectivity index (χ1n) is 18.1. The second kappa shape index (κ2) is 12.3. The maximum absolute atomic E-state index is 2.41. The van der Waals surface area contributed by atoms with Gasteiger partial charge in [-0.2, -0.15) is 0 Å². The molecule has 10 rings (SSSR count). The number of hydrogen-bond donors (Lipinski definition) is 0. The van der Waals surface area contributed by atoms with Crippen LogP contribution in [0.3, 0.4) is 0 Å². The average Bonchev–Trinajstić information content (AvgIpc) is 3.42. The van der Waals surface area contributed by atoms with Gasteiger partial charge in [0.25, 0.3) is 0 Å². The second-order valence-electron chi connectivity index (χ2n) is 14.0. The summed E-state index contributed by atoms with van der Waals surface area (Å²) in [6.45, 7) is 0. The first kappa shape index (κ1) is 29.7. The van der Waals surface area contributed by atoms with Crippen LogP contribution < -0.4 is 0 Å². The number of benzene rings is 9. The quantitative estimate of drug-likeness (QED) is 0.167. The highest BCUT2D eigenvalue weighted by Crippen LogP contribution is 2.44. The minimum atomic E-state index is 1.11. The van der Waals surface area contributed by atoms with Gasteiger partial charge in [-0.15, -0.1) is 0 Å². The molecule has 0 N–H and O–H groups in total. The summed E-state index contributed by atoms with van der Waals surface area (Å²) in [4.78, 5) is 0. The van der Waals surface area contributed by atoms with E-state index >= 15 is 0 Å². The molecule has 0 saturated carbocycles. The van der Waals surface area contributed by atoms with Crippen molar-refractivity contribution in [2.75, 3.05) is 0 Å². The molecule has 51 heavy (non-hydrogen) atoms. The van der Waals surface area contributed by atoms with Crippen LogP contribution in [0.1, 0.15) is 29.5 Å². The van der Waals surface area contributed by atoms with Crippen molar-refractivity contribution in [3.8, 4) is 33.4 Å². The largest absolute Gasteiger partial charge is 0.0620 e. The van der Waals surface area contributed by atoms with Crippen LogP contribution in [0.25, 0.3) is 88.1 Å². The van der Waals surface area contributed by atoms with E-state index in [0.29, 0.717) is 0 Å². The molecule has 0 radical (unpaired) electrons. The van der Waals surface area contributed by atoms with Gasteiger partial charge >= 0.3 is 0 Å². The van der Waals surface area contributed by atoms with E-state index in [1.54, 1.807) is 0 Å². The van der Waals surface area contributed by atoms with Gasteiger partial charge in [-0.05, 0) is 136 Å². The molecule has 0 heterocycles. The zero-order valence-corrected chi connectivity index (χ0v) is 28.4. The molecule has 1 aliphatic rings. The maximum Gasteiger partial charge on any atom is -0.00262 e. The standard InChI is InChI=1S/C51H36/c1-3-12-38-30-40(15-9-14-34(38)10-1)42-27-28-43-31-41(25-26-44(43)32-42)36-20-23-37(24-21-36)50-46-16-5-7-18-48(46)51(49-19-8-6-17-47(49)50)45-29-22-35-11-2-4-13-39(35)33-45/h1-8,10-13,16-33H,9,14-15H2. The van der Waals surface area contributed by atoms with Crippen molar-refractivity contribution in [1.82, 2.24) is 0 Å². The Morgan fingerprint density at radius 3 is 1.51 bits per heavy atom. The summed E-state index contributed by atoms with van der Waals surface area (Å²) in [6.07, 6.45) is 5.86. The topological polar surface area (TPSA) is 0 Å². The molecular weight excluding hydrogens is 613 g/mol. The SMILES string of the molecule is C1=C(c2ccc3cc(-c4ccc(-c5c6ccccc6c(-c6ccc7ccccc7c6)c6ccccc56)cc4)ccc3c2)CCCc2ccccc21. The van der Waals surface area contributed by atoms with E-state index in [1.165, 1.54) is 105 Å². The Balaban J connectivity index is 1.03. The van der Waals surface area contributed by atoms with E-state index in [4.69, 9.17) is 0 Å². The summed E-state index contributed by atoms with van der Waals surface area (Å²) in [5.41, 5.74) is 13.1. The van der Waals surface area contributed by atoms with Crippen LogP contribution in [0, 0.1) is 0 Å². The van der Waals surface area contributed by atoms with E-state index in [1.807, 2.05) is 0 Å². The van der Waals surface area contributed by atoms with Crippen LogP contribution in [0.4, 0.5) is 0 Å². The monoisotopic (exact) mass is 648 g/mol. The molecule has 0 atom stereocenters. The summed E-state index contributed by atoms with van der Waals surface area (Å²) in [6, 6.07) is 65.3. The molecule has 0 aliphatic heterocycles. The molecule has 9 aromatic carbocycles. The first-order valence-corrected chi connectivity index (χ1v) is 18.1. The van der Waals surface area contributed by atoms with E-state index < -0.39 is 0 Å². The lowest BCUT2D eigenvalue weighted by atomic mass is 9.85. The van der Waals surface area contributed by atoms with E-state index in [0.717, 1.165) is 12.8 Å². The average molecular weight is 649 g/mol. The van der Waals surface area contributed by atoms with Crippen molar-refractivity contribution in [1.29, 1.82) is 0 Å². The lowest BCUT2D eigenvalue weighted by Crippen LogP contribution is -1.91. The van der Waals surface area contributed by atoms with Crippen molar-refractivity contribution in [3.63, 3.8) is 0 Å². The number of rotatable bonds is 4. The Morgan fingerprint density at radius 2 is 0.784 bits per heavy atom. The van der Waals surface area contributed by atoms with Crippen LogP contribution in [0.15, 0.2) is 176 Å². The number of fused-ring (bicyclic) bond motifs is 5. The van der Waals surface area contributed by atoms with Crippen LogP contribution in [0.2, 0.25) is 0 Å². The predicted molar refractivity (Wildman–Crippen MR) is 220 cm³/mol. The molecule has 0 saturated heterocycles. The Hall–Kier alpha value is -6.24. The molecule has 0 nitrogen and oxygen atoms in total. The lowest BCUT2D eigenvalue weighted by Gasteiger charge is -2.18. The molecule has 1 aliphatic carbocycles. The van der Waals surface area contributed by atoms with Gasteiger partial charge in [0.1, 0.15) is 0 Å². The molecular formula is C51H36. The maximum atomic E-state index is 2.41. The van der Waals surface area contributed by atoms with Crippen molar-refractivity contribution in [3.05, 3.63) is 193 Å². The van der Waals surface area contributed by atoms with E-state index in [-0.39, 0.29) is 0 Å². The molecule has 0 spiro atoms. The van der Waals surface area contributed by atoms with Gasteiger partial charge in [0.15, 0.2) is 0 Å². The van der Waals surface area contributed by atoms with Gasteiger partial charge in [0.05, 0.1) is 0 Å². The summed E-state index contributed by atoms with van der Waals surface area (Å²) in [5, 5.41) is 10.2. The number of allylic oxidation sites excluding steroid dienone is 1. The molecule has 9 aromatic rings. The Labute approximate surface area is 299 Å². The second-order valence-corrected chi connectivity index (χ2v) is 14.0. The van der Waals surface area contributed by atoms with Crippen LogP contribution in [-0.2, 0) is 6.42 Å². The van der Waals surface area contributed by atoms with Crippen LogP contribution in [0.5, 0.6) is 0 Å². The van der Waals surface area contributed by atoms with E-state index in [9.17, 15) is 0 Å². The number of hydrogen-bond acceptors (Lipinski definition) is 0. The van der Waals surface area contributed by atoms with Crippen molar-refractivity contribution in [2.45, 2.75) is 19.3 Å². The minimum Gasteiger partial charge on any atom is -0.0620 e. The van der Waals surface area contributed by atoms with Gasteiger partial charge in [-0.3, -0.25) is 0 Å². The van der Waals surface area contributed by atoms with Crippen molar-refractivity contribution >= 4 is 54.7 Å². The molecule has 0 unspecified atom stereocenters. The molecule has 240 valence electrons. The Bertz CT molecular complexity index is 2760. The fraction of sp³-hybridized carbons (Fsp3) is 0.0588. The van der Waals surface area contributed by atoms with Crippen molar-refractivity contribution in [2.24, 2.45) is 0 Å². The molecule has 0 bridgehead atoms.